The van der Waals surface area contributed by atoms with Crippen LogP contribution in [0.2, 0.25) is 5.02 Å². The van der Waals surface area contributed by atoms with Gasteiger partial charge in [0.05, 0.1) is 40.7 Å². The quantitative estimate of drug-likeness (QED) is 0.787. The van der Waals surface area contributed by atoms with Crippen molar-refractivity contribution >= 4 is 34.8 Å². The Morgan fingerprint density at radius 1 is 0.875 bits per heavy atom. The first kappa shape index (κ1) is 15.2. The van der Waals surface area contributed by atoms with Crippen LogP contribution in [-0.2, 0) is 4.74 Å². The van der Waals surface area contributed by atoms with Gasteiger partial charge in [-0.05, 0) is 24.3 Å². The van der Waals surface area contributed by atoms with Crippen molar-refractivity contribution in [2.45, 2.75) is 0 Å². The maximum absolute atomic E-state index is 12.8. The van der Waals surface area contributed by atoms with E-state index in [0.717, 1.165) is 0 Å². The summed E-state index contributed by atoms with van der Waals surface area (Å²) in [6, 6.07) is 12.2. The summed E-state index contributed by atoms with van der Waals surface area (Å²) in [5, 5.41) is 0.519. The van der Waals surface area contributed by atoms with Crippen molar-refractivity contribution in [1.29, 1.82) is 0 Å². The minimum absolute atomic E-state index is 0.313. The molecule has 0 atom stereocenters. The zero-order valence-electron chi connectivity index (χ0n) is 12.9. The second-order valence-corrected chi connectivity index (χ2v) is 6.11. The first-order valence-corrected chi connectivity index (χ1v) is 8.15. The number of para-hydroxylation sites is 1. The number of nitrogens with zero attached hydrogens (tertiary/aromatic N) is 2. The lowest BCUT2D eigenvalue weighted by atomic mass is 10.1. The molecular formula is C18H15ClN2O3. The Morgan fingerprint density at radius 2 is 1.50 bits per heavy atom. The van der Waals surface area contributed by atoms with Gasteiger partial charge in [0.2, 0.25) is 0 Å². The van der Waals surface area contributed by atoms with E-state index in [0.29, 0.717) is 53.8 Å². The number of carbonyl (C=O) groups is 2. The number of carbonyl (C=O) groups excluding carboxylic acids is 2. The third-order valence-corrected chi connectivity index (χ3v) is 4.63. The maximum atomic E-state index is 12.8. The molecule has 2 aromatic rings. The van der Waals surface area contributed by atoms with Crippen molar-refractivity contribution < 1.29 is 14.3 Å². The molecule has 0 bridgehead atoms. The van der Waals surface area contributed by atoms with Crippen molar-refractivity contribution in [2.24, 2.45) is 0 Å². The Kier molecular flexibility index (Phi) is 3.75. The Balaban J connectivity index is 1.82. The van der Waals surface area contributed by atoms with Crippen molar-refractivity contribution in [3.05, 3.63) is 58.6 Å². The van der Waals surface area contributed by atoms with E-state index in [1.54, 1.807) is 42.5 Å². The second kappa shape index (κ2) is 5.92. The van der Waals surface area contributed by atoms with E-state index < -0.39 is 0 Å². The average Bonchev–Trinajstić information content (AvgIpc) is 2.87. The van der Waals surface area contributed by atoms with Gasteiger partial charge in [0.15, 0.2) is 0 Å². The van der Waals surface area contributed by atoms with Crippen LogP contribution in [0.15, 0.2) is 42.5 Å². The minimum Gasteiger partial charge on any atom is -0.378 e. The van der Waals surface area contributed by atoms with E-state index in [1.807, 2.05) is 0 Å². The van der Waals surface area contributed by atoms with Crippen LogP contribution in [0.25, 0.3) is 0 Å². The largest absolute Gasteiger partial charge is 0.378 e. The van der Waals surface area contributed by atoms with Crippen LogP contribution < -0.4 is 9.80 Å². The van der Waals surface area contributed by atoms with Crippen LogP contribution in [0.5, 0.6) is 0 Å². The number of amides is 2. The van der Waals surface area contributed by atoms with E-state index in [2.05, 4.69) is 4.90 Å². The van der Waals surface area contributed by atoms with E-state index in [9.17, 15) is 9.59 Å². The van der Waals surface area contributed by atoms with Crippen LogP contribution in [0.3, 0.4) is 0 Å². The van der Waals surface area contributed by atoms with Gasteiger partial charge in [-0.3, -0.25) is 9.59 Å². The first-order chi connectivity index (χ1) is 11.7. The summed E-state index contributed by atoms with van der Waals surface area (Å²) in [4.78, 5) is 28.8. The third-order valence-electron chi connectivity index (χ3n) is 4.33. The van der Waals surface area contributed by atoms with E-state index >= 15 is 0 Å². The number of anilines is 2. The normalized spacial score (nSPS) is 17.4. The van der Waals surface area contributed by atoms with Gasteiger partial charge in [0.25, 0.3) is 11.8 Å². The second-order valence-electron chi connectivity index (χ2n) is 5.70. The highest BCUT2D eigenvalue weighted by molar-refractivity contribution is 6.38. The van der Waals surface area contributed by atoms with Crippen molar-refractivity contribution in [2.75, 3.05) is 36.1 Å². The minimum atomic E-state index is -0.313. The molecule has 2 aromatic carbocycles. The number of fused-ring (bicyclic) bond motifs is 1. The van der Waals surface area contributed by atoms with Crippen molar-refractivity contribution in [1.82, 2.24) is 0 Å². The SMILES string of the molecule is O=C1c2ccccc2C(=O)N1c1cccc(Cl)c1N1CCOCC1. The number of hydrogen-bond acceptors (Lipinski definition) is 4. The third kappa shape index (κ3) is 2.28. The molecule has 0 spiro atoms. The molecule has 1 fully saturated rings. The Morgan fingerprint density at radius 3 is 2.12 bits per heavy atom. The standard InChI is InChI=1S/C18H15ClN2O3/c19-14-6-3-7-15(16(14)20-8-10-24-11-9-20)21-17(22)12-4-1-2-5-13(12)18(21)23/h1-7H,8-11H2. The molecule has 5 nitrogen and oxygen atoms in total. The van der Waals surface area contributed by atoms with Gasteiger partial charge in [-0.25, -0.2) is 4.90 Å². The molecule has 4 rings (SSSR count). The van der Waals surface area contributed by atoms with Crippen LogP contribution in [0.1, 0.15) is 20.7 Å². The molecule has 1 saturated heterocycles. The number of imide groups is 1. The summed E-state index contributed by atoms with van der Waals surface area (Å²) < 4.78 is 5.39. The topological polar surface area (TPSA) is 49.9 Å². The summed E-state index contributed by atoms with van der Waals surface area (Å²) in [7, 11) is 0. The zero-order valence-corrected chi connectivity index (χ0v) is 13.6. The molecule has 6 heteroatoms. The van der Waals surface area contributed by atoms with E-state index in [-0.39, 0.29) is 11.8 Å². The molecule has 2 heterocycles. The van der Waals surface area contributed by atoms with E-state index in [1.165, 1.54) is 4.90 Å². The van der Waals surface area contributed by atoms with Gasteiger partial charge in [0.1, 0.15) is 0 Å². The molecule has 122 valence electrons. The van der Waals surface area contributed by atoms with Gasteiger partial charge in [-0.2, -0.15) is 0 Å². The molecule has 0 aliphatic carbocycles. The van der Waals surface area contributed by atoms with Crippen LogP contribution in [0.4, 0.5) is 11.4 Å². The molecule has 0 saturated carbocycles. The predicted molar refractivity (Wildman–Crippen MR) is 92.1 cm³/mol. The highest BCUT2D eigenvalue weighted by Gasteiger charge is 2.38. The van der Waals surface area contributed by atoms with Crippen LogP contribution >= 0.6 is 11.6 Å². The smallest absolute Gasteiger partial charge is 0.266 e. The lowest BCUT2D eigenvalue weighted by Gasteiger charge is -2.32. The highest BCUT2D eigenvalue weighted by Crippen LogP contribution is 2.40. The number of benzene rings is 2. The Labute approximate surface area is 144 Å². The summed E-state index contributed by atoms with van der Waals surface area (Å²) in [6.07, 6.45) is 0. The van der Waals surface area contributed by atoms with E-state index in [4.69, 9.17) is 16.3 Å². The molecule has 0 N–H and O–H groups in total. The summed E-state index contributed by atoms with van der Waals surface area (Å²) in [6.45, 7) is 2.51. The van der Waals surface area contributed by atoms with Crippen molar-refractivity contribution in [3.8, 4) is 0 Å². The van der Waals surface area contributed by atoms with Crippen LogP contribution in [-0.4, -0.2) is 38.1 Å². The molecule has 2 amide bonds. The first-order valence-electron chi connectivity index (χ1n) is 7.77. The molecule has 24 heavy (non-hydrogen) atoms. The van der Waals surface area contributed by atoms with Crippen LogP contribution in [0, 0.1) is 0 Å². The number of morpholine rings is 1. The lowest BCUT2D eigenvalue weighted by molar-refractivity contribution is 0.0926. The van der Waals surface area contributed by atoms with Gasteiger partial charge in [-0.15, -0.1) is 0 Å². The zero-order chi connectivity index (χ0) is 16.7. The maximum Gasteiger partial charge on any atom is 0.266 e. The number of rotatable bonds is 2. The number of hydrogen-bond donors (Lipinski definition) is 0. The van der Waals surface area contributed by atoms with Gasteiger partial charge < -0.3 is 9.64 Å². The van der Waals surface area contributed by atoms with Gasteiger partial charge >= 0.3 is 0 Å². The highest BCUT2D eigenvalue weighted by atomic mass is 35.5. The average molecular weight is 343 g/mol. The van der Waals surface area contributed by atoms with Crippen molar-refractivity contribution in [3.63, 3.8) is 0 Å². The fourth-order valence-corrected chi connectivity index (χ4v) is 3.48. The Bertz CT molecular complexity index is 796. The molecular weight excluding hydrogens is 328 g/mol. The molecule has 0 unspecified atom stereocenters. The Hall–Kier alpha value is -2.37. The summed E-state index contributed by atoms with van der Waals surface area (Å²) >= 11 is 6.42. The summed E-state index contributed by atoms with van der Waals surface area (Å²) in [5.41, 5.74) is 2.08. The molecule has 0 aromatic heterocycles. The molecule has 2 aliphatic rings. The summed E-state index contributed by atoms with van der Waals surface area (Å²) in [5.74, 6) is -0.625. The lowest BCUT2D eigenvalue weighted by Crippen LogP contribution is -2.38. The monoisotopic (exact) mass is 342 g/mol. The van der Waals surface area contributed by atoms with Gasteiger partial charge in [-0.1, -0.05) is 29.8 Å². The molecule has 0 radical (unpaired) electrons. The number of ether oxygens (including phenoxy) is 1. The fraction of sp³-hybridized carbons (Fsp3) is 0.222. The molecule has 2 aliphatic heterocycles. The predicted octanol–water partition coefficient (Wildman–Crippen LogP) is 2.98. The number of halogens is 1. The fourth-order valence-electron chi connectivity index (χ4n) is 3.19. The van der Waals surface area contributed by atoms with Gasteiger partial charge in [0, 0.05) is 13.1 Å².